The number of furan rings is 1. The molecule has 0 saturated heterocycles. The van der Waals surface area contributed by atoms with Crippen molar-refractivity contribution in [3.8, 4) is 0 Å². The van der Waals surface area contributed by atoms with Crippen LogP contribution in [0.25, 0.3) is 0 Å². The van der Waals surface area contributed by atoms with E-state index in [2.05, 4.69) is 34.8 Å². The molecule has 3 nitrogen and oxygen atoms in total. The van der Waals surface area contributed by atoms with Crippen molar-refractivity contribution < 1.29 is 9.52 Å². The standard InChI is InChI=1S/C11H18INO2/c1-9(8-14)3-2-6-13-7-10-4-5-11(12)15-10/h4-5,9,13-14H,2-3,6-8H2,1H3. The average molecular weight is 323 g/mol. The van der Waals surface area contributed by atoms with Gasteiger partial charge in [0.1, 0.15) is 5.76 Å². The van der Waals surface area contributed by atoms with Crippen LogP contribution in [-0.4, -0.2) is 18.3 Å². The average Bonchev–Trinajstić information content (AvgIpc) is 2.63. The lowest BCUT2D eigenvalue weighted by molar-refractivity contribution is 0.228. The minimum Gasteiger partial charge on any atom is -0.454 e. The van der Waals surface area contributed by atoms with E-state index < -0.39 is 0 Å². The zero-order valence-electron chi connectivity index (χ0n) is 9.00. The SMILES string of the molecule is CC(CO)CCCNCc1ccc(I)o1. The number of rotatable bonds is 7. The molecular formula is C11H18INO2. The first-order valence-corrected chi connectivity index (χ1v) is 6.36. The summed E-state index contributed by atoms with van der Waals surface area (Å²) >= 11 is 2.16. The van der Waals surface area contributed by atoms with E-state index in [1.165, 1.54) is 0 Å². The molecule has 0 aliphatic carbocycles. The molecule has 1 atom stereocenters. The topological polar surface area (TPSA) is 45.4 Å². The van der Waals surface area contributed by atoms with Crippen molar-refractivity contribution in [1.82, 2.24) is 5.32 Å². The van der Waals surface area contributed by atoms with Gasteiger partial charge in [-0.3, -0.25) is 0 Å². The highest BCUT2D eigenvalue weighted by Gasteiger charge is 2.00. The van der Waals surface area contributed by atoms with Gasteiger partial charge >= 0.3 is 0 Å². The molecule has 1 aromatic rings. The summed E-state index contributed by atoms with van der Waals surface area (Å²) in [6.45, 7) is 4.11. The van der Waals surface area contributed by atoms with E-state index in [0.29, 0.717) is 5.92 Å². The fourth-order valence-electron chi connectivity index (χ4n) is 1.33. The van der Waals surface area contributed by atoms with Crippen molar-refractivity contribution in [3.63, 3.8) is 0 Å². The lowest BCUT2D eigenvalue weighted by atomic mass is 10.1. The summed E-state index contributed by atoms with van der Waals surface area (Å²) in [5.41, 5.74) is 0. The normalized spacial score (nSPS) is 13.0. The molecule has 0 saturated carbocycles. The van der Waals surface area contributed by atoms with Gasteiger partial charge in [0, 0.05) is 6.61 Å². The molecule has 0 aliphatic rings. The highest BCUT2D eigenvalue weighted by molar-refractivity contribution is 14.1. The first-order chi connectivity index (χ1) is 7.22. The lowest BCUT2D eigenvalue weighted by Crippen LogP contribution is -2.15. The van der Waals surface area contributed by atoms with Gasteiger partial charge in [-0.25, -0.2) is 0 Å². The van der Waals surface area contributed by atoms with Gasteiger partial charge in [0.2, 0.25) is 0 Å². The molecule has 1 unspecified atom stereocenters. The number of aliphatic hydroxyl groups excluding tert-OH is 1. The Kier molecular flexibility index (Phi) is 6.28. The van der Waals surface area contributed by atoms with E-state index in [1.54, 1.807) is 0 Å². The van der Waals surface area contributed by atoms with Crippen LogP contribution in [0.3, 0.4) is 0 Å². The molecule has 0 aromatic carbocycles. The largest absolute Gasteiger partial charge is 0.454 e. The second-order valence-corrected chi connectivity index (χ2v) is 4.88. The maximum atomic E-state index is 8.84. The zero-order valence-corrected chi connectivity index (χ0v) is 11.2. The minimum absolute atomic E-state index is 0.288. The van der Waals surface area contributed by atoms with Crippen LogP contribution in [0.5, 0.6) is 0 Å². The monoisotopic (exact) mass is 323 g/mol. The van der Waals surface area contributed by atoms with Crippen molar-refractivity contribution >= 4 is 22.6 Å². The molecular weight excluding hydrogens is 305 g/mol. The third kappa shape index (κ3) is 5.53. The number of hydrogen-bond donors (Lipinski definition) is 2. The molecule has 1 rings (SSSR count). The molecule has 0 bridgehead atoms. The predicted molar refractivity (Wildman–Crippen MR) is 68.6 cm³/mol. The Labute approximate surface area is 104 Å². The summed E-state index contributed by atoms with van der Waals surface area (Å²) in [6, 6.07) is 3.95. The first kappa shape index (κ1) is 13.0. The summed E-state index contributed by atoms with van der Waals surface area (Å²) in [5.74, 6) is 1.39. The van der Waals surface area contributed by atoms with Gasteiger partial charge in [0.25, 0.3) is 0 Å². The van der Waals surface area contributed by atoms with Crippen LogP contribution in [0.1, 0.15) is 25.5 Å². The highest BCUT2D eigenvalue weighted by atomic mass is 127. The van der Waals surface area contributed by atoms with E-state index in [1.807, 2.05) is 12.1 Å². The van der Waals surface area contributed by atoms with Gasteiger partial charge in [0.05, 0.1) is 6.54 Å². The van der Waals surface area contributed by atoms with Crippen molar-refractivity contribution in [3.05, 3.63) is 21.7 Å². The Morgan fingerprint density at radius 3 is 2.93 bits per heavy atom. The fourth-order valence-corrected chi connectivity index (χ4v) is 1.79. The summed E-state index contributed by atoms with van der Waals surface area (Å²) in [5, 5.41) is 12.2. The summed E-state index contributed by atoms with van der Waals surface area (Å²) in [7, 11) is 0. The Hall–Kier alpha value is -0.0700. The van der Waals surface area contributed by atoms with Crippen molar-refractivity contribution in [1.29, 1.82) is 0 Å². The predicted octanol–water partition coefficient (Wildman–Crippen LogP) is 2.38. The Morgan fingerprint density at radius 1 is 1.53 bits per heavy atom. The molecule has 0 aliphatic heterocycles. The van der Waals surface area contributed by atoms with Gasteiger partial charge in [-0.1, -0.05) is 6.92 Å². The molecule has 0 amide bonds. The van der Waals surface area contributed by atoms with E-state index in [9.17, 15) is 0 Å². The van der Waals surface area contributed by atoms with Gasteiger partial charge in [-0.15, -0.1) is 0 Å². The quantitative estimate of drug-likeness (QED) is 0.598. The molecule has 15 heavy (non-hydrogen) atoms. The lowest BCUT2D eigenvalue weighted by Gasteiger charge is -2.07. The molecule has 0 spiro atoms. The molecule has 0 fully saturated rings. The molecule has 1 heterocycles. The van der Waals surface area contributed by atoms with Crippen LogP contribution in [-0.2, 0) is 6.54 Å². The van der Waals surface area contributed by atoms with Gasteiger partial charge in [-0.2, -0.15) is 0 Å². The number of halogens is 1. The third-order valence-electron chi connectivity index (χ3n) is 2.29. The summed E-state index contributed by atoms with van der Waals surface area (Å²) in [6.07, 6.45) is 2.17. The van der Waals surface area contributed by atoms with Crippen LogP contribution >= 0.6 is 22.6 Å². The Bertz CT molecular complexity index is 275. The van der Waals surface area contributed by atoms with Crippen LogP contribution in [0.15, 0.2) is 16.5 Å². The molecule has 4 heteroatoms. The zero-order chi connectivity index (χ0) is 11.1. The van der Waals surface area contributed by atoms with Gasteiger partial charge in [-0.05, 0) is 60.0 Å². The minimum atomic E-state index is 0.288. The van der Waals surface area contributed by atoms with E-state index in [-0.39, 0.29) is 6.61 Å². The van der Waals surface area contributed by atoms with Crippen LogP contribution in [0.2, 0.25) is 0 Å². The van der Waals surface area contributed by atoms with Crippen molar-refractivity contribution in [2.75, 3.05) is 13.2 Å². The highest BCUT2D eigenvalue weighted by Crippen LogP contribution is 2.09. The van der Waals surface area contributed by atoms with E-state index >= 15 is 0 Å². The smallest absolute Gasteiger partial charge is 0.164 e. The van der Waals surface area contributed by atoms with Crippen LogP contribution < -0.4 is 5.32 Å². The molecule has 1 aromatic heterocycles. The van der Waals surface area contributed by atoms with E-state index in [4.69, 9.17) is 9.52 Å². The molecule has 0 radical (unpaired) electrons. The molecule has 2 N–H and O–H groups in total. The number of aliphatic hydroxyl groups is 1. The van der Waals surface area contributed by atoms with Crippen LogP contribution in [0, 0.1) is 9.68 Å². The third-order valence-corrected chi connectivity index (χ3v) is 2.87. The van der Waals surface area contributed by atoms with Crippen molar-refractivity contribution in [2.24, 2.45) is 5.92 Å². The number of nitrogens with one attached hydrogen (secondary N) is 1. The van der Waals surface area contributed by atoms with Gasteiger partial charge < -0.3 is 14.8 Å². The molecule has 86 valence electrons. The second kappa shape index (κ2) is 7.24. The fraction of sp³-hybridized carbons (Fsp3) is 0.636. The van der Waals surface area contributed by atoms with Gasteiger partial charge in [0.15, 0.2) is 3.77 Å². The maximum Gasteiger partial charge on any atom is 0.164 e. The summed E-state index contributed by atoms with van der Waals surface area (Å²) < 4.78 is 6.35. The number of hydrogen-bond acceptors (Lipinski definition) is 3. The maximum absolute atomic E-state index is 8.84. The Balaban J connectivity index is 2.02. The van der Waals surface area contributed by atoms with E-state index in [0.717, 1.165) is 35.5 Å². The second-order valence-electron chi connectivity index (χ2n) is 3.81. The van der Waals surface area contributed by atoms with Crippen molar-refractivity contribution in [2.45, 2.75) is 26.3 Å². The Morgan fingerprint density at radius 2 is 2.33 bits per heavy atom. The van der Waals surface area contributed by atoms with Crippen LogP contribution in [0.4, 0.5) is 0 Å². The first-order valence-electron chi connectivity index (χ1n) is 5.28. The summed E-state index contributed by atoms with van der Waals surface area (Å²) in [4.78, 5) is 0.